The van der Waals surface area contributed by atoms with E-state index in [9.17, 15) is 29.4 Å². The van der Waals surface area contributed by atoms with Gasteiger partial charge < -0.3 is 29.5 Å². The van der Waals surface area contributed by atoms with Gasteiger partial charge in [-0.15, -0.1) is 0 Å². The molecule has 1 saturated carbocycles. The molecule has 52 heavy (non-hydrogen) atoms. The zero-order chi connectivity index (χ0) is 37.0. The summed E-state index contributed by atoms with van der Waals surface area (Å²) in [5.41, 5.74) is 1.68. The van der Waals surface area contributed by atoms with Gasteiger partial charge in [0.2, 0.25) is 11.8 Å². The van der Waals surface area contributed by atoms with Crippen molar-refractivity contribution in [3.8, 4) is 23.0 Å². The summed E-state index contributed by atoms with van der Waals surface area (Å²) in [7, 11) is 0. The number of ether oxygens (including phenoxy) is 2. The van der Waals surface area contributed by atoms with Gasteiger partial charge in [0.1, 0.15) is 23.0 Å². The molecular formula is C42H46N2O8. The number of carbonyl (C=O) groups excluding carboxylic acids is 2. The Kier molecular flexibility index (Phi) is 13.0. The fourth-order valence-corrected chi connectivity index (χ4v) is 7.06. The van der Waals surface area contributed by atoms with E-state index in [2.05, 4.69) is 0 Å². The first-order chi connectivity index (χ1) is 25.2. The molecule has 2 N–H and O–H groups in total. The predicted octanol–water partition coefficient (Wildman–Crippen LogP) is 7.88. The average Bonchev–Trinajstić information content (AvgIpc) is 3.13. The number of para-hydroxylation sites is 2. The van der Waals surface area contributed by atoms with E-state index in [0.29, 0.717) is 48.9 Å². The van der Waals surface area contributed by atoms with Gasteiger partial charge in [0.05, 0.1) is 11.8 Å². The second kappa shape index (κ2) is 18.0. The molecule has 4 unspecified atom stereocenters. The quantitative estimate of drug-likeness (QED) is 0.107. The van der Waals surface area contributed by atoms with Gasteiger partial charge in [-0.1, -0.05) is 74.5 Å². The number of carboxylic acids is 2. The van der Waals surface area contributed by atoms with Crippen molar-refractivity contribution in [1.82, 2.24) is 9.80 Å². The van der Waals surface area contributed by atoms with Gasteiger partial charge in [0.25, 0.3) is 0 Å². The van der Waals surface area contributed by atoms with Crippen molar-refractivity contribution in [3.05, 3.63) is 120 Å². The number of carboxylic acid groups (broad SMARTS) is 2. The number of benzene rings is 4. The highest BCUT2D eigenvalue weighted by Crippen LogP contribution is 2.52. The third-order valence-corrected chi connectivity index (χ3v) is 9.41. The van der Waals surface area contributed by atoms with Crippen LogP contribution in [0.2, 0.25) is 0 Å². The van der Waals surface area contributed by atoms with Crippen molar-refractivity contribution < 1.29 is 38.9 Å². The van der Waals surface area contributed by atoms with Crippen LogP contribution in [-0.4, -0.2) is 56.9 Å². The van der Waals surface area contributed by atoms with Crippen LogP contribution in [0.15, 0.2) is 109 Å². The van der Waals surface area contributed by atoms with E-state index in [1.54, 1.807) is 9.80 Å². The molecule has 10 heteroatoms. The molecular weight excluding hydrogens is 660 g/mol. The lowest BCUT2D eigenvalue weighted by atomic mass is 9.53. The monoisotopic (exact) mass is 706 g/mol. The number of carbonyl (C=O) groups is 4. The Bertz CT molecular complexity index is 1650. The molecule has 0 saturated heterocycles. The van der Waals surface area contributed by atoms with Crippen LogP contribution in [0.1, 0.15) is 50.7 Å². The van der Waals surface area contributed by atoms with Crippen LogP contribution in [0.5, 0.6) is 23.0 Å². The van der Waals surface area contributed by atoms with Gasteiger partial charge in [-0.3, -0.25) is 19.2 Å². The molecule has 0 bridgehead atoms. The topological polar surface area (TPSA) is 134 Å². The first-order valence-corrected chi connectivity index (χ1v) is 17.8. The molecule has 1 aliphatic rings. The molecule has 2 amide bonds. The van der Waals surface area contributed by atoms with Crippen molar-refractivity contribution >= 4 is 23.8 Å². The van der Waals surface area contributed by atoms with Crippen molar-refractivity contribution in [3.63, 3.8) is 0 Å². The van der Waals surface area contributed by atoms with Crippen molar-refractivity contribution in [2.45, 2.75) is 52.6 Å². The first-order valence-electron chi connectivity index (χ1n) is 17.8. The Labute approximate surface area is 304 Å². The van der Waals surface area contributed by atoms with Crippen LogP contribution in [0.4, 0.5) is 0 Å². The third kappa shape index (κ3) is 9.78. The fourth-order valence-electron chi connectivity index (χ4n) is 7.06. The maximum Gasteiger partial charge on any atom is 0.303 e. The normalized spacial score (nSPS) is 17.7. The summed E-state index contributed by atoms with van der Waals surface area (Å²) in [4.78, 5) is 56.4. The third-order valence-electron chi connectivity index (χ3n) is 9.41. The van der Waals surface area contributed by atoms with Crippen LogP contribution in [0, 0.1) is 23.7 Å². The minimum Gasteiger partial charge on any atom is -0.481 e. The Morgan fingerprint density at radius 3 is 1.15 bits per heavy atom. The average molecular weight is 707 g/mol. The first kappa shape index (κ1) is 37.6. The maximum absolute atomic E-state index is 14.5. The Morgan fingerprint density at radius 2 is 0.846 bits per heavy atom. The molecule has 0 spiro atoms. The lowest BCUT2D eigenvalue weighted by molar-refractivity contribution is -0.174. The maximum atomic E-state index is 14.5. The number of amides is 2. The van der Waals surface area contributed by atoms with Gasteiger partial charge in [-0.05, 0) is 84.3 Å². The minimum absolute atomic E-state index is 0.245. The number of hydrogen-bond acceptors (Lipinski definition) is 6. The number of hydrogen-bond donors (Lipinski definition) is 2. The van der Waals surface area contributed by atoms with E-state index in [4.69, 9.17) is 9.47 Å². The van der Waals surface area contributed by atoms with E-state index in [1.807, 2.05) is 123 Å². The summed E-state index contributed by atoms with van der Waals surface area (Å²) in [6, 6.07) is 33.6. The summed E-state index contributed by atoms with van der Waals surface area (Å²) >= 11 is 0. The van der Waals surface area contributed by atoms with Gasteiger partial charge in [0, 0.05) is 39.0 Å². The second-order valence-corrected chi connectivity index (χ2v) is 13.2. The summed E-state index contributed by atoms with van der Waals surface area (Å²) in [5.74, 6) is -3.80. The molecule has 0 radical (unpaired) electrons. The molecule has 10 nitrogen and oxygen atoms in total. The van der Waals surface area contributed by atoms with Crippen molar-refractivity contribution in [2.24, 2.45) is 23.7 Å². The molecule has 5 rings (SSSR count). The second-order valence-electron chi connectivity index (χ2n) is 13.2. The zero-order valence-corrected chi connectivity index (χ0v) is 29.6. The van der Waals surface area contributed by atoms with Gasteiger partial charge >= 0.3 is 11.9 Å². The van der Waals surface area contributed by atoms with E-state index < -0.39 is 48.5 Å². The van der Waals surface area contributed by atoms with Crippen LogP contribution >= 0.6 is 0 Å². The molecule has 272 valence electrons. The Hall–Kier alpha value is -5.64. The van der Waals surface area contributed by atoms with Gasteiger partial charge in [-0.25, -0.2) is 0 Å². The summed E-state index contributed by atoms with van der Waals surface area (Å²) in [6.07, 6.45) is 0.473. The zero-order valence-electron chi connectivity index (χ0n) is 29.6. The highest BCUT2D eigenvalue weighted by molar-refractivity contribution is 5.91. The fraction of sp³-hybridized carbons (Fsp3) is 0.333. The van der Waals surface area contributed by atoms with Crippen molar-refractivity contribution in [2.75, 3.05) is 13.1 Å². The minimum atomic E-state index is -1.14. The van der Waals surface area contributed by atoms with E-state index >= 15 is 0 Å². The summed E-state index contributed by atoms with van der Waals surface area (Å²) in [5, 5.41) is 19.7. The standard InChI is InChI=1S/C42H46N2O8/c1-3-23-43(27-29-15-19-33(20-16-29)51-31-11-7-5-8-12-31)41(49)39-35(25-37(45)46)36(26-38(47)48)40(39)42(50)44(24-4-2)28-30-17-21-34(22-18-30)52-32-13-9-6-10-14-32/h5-22,35-36,39-40H,3-4,23-28H2,1-2H3,(H,45,46)(H,47,48). The highest BCUT2D eigenvalue weighted by Gasteiger charge is 2.59. The van der Waals surface area contributed by atoms with Crippen LogP contribution in [0.3, 0.4) is 0 Å². The van der Waals surface area contributed by atoms with Gasteiger partial charge in [-0.2, -0.15) is 0 Å². The largest absolute Gasteiger partial charge is 0.481 e. The SMILES string of the molecule is CCCN(Cc1ccc(Oc2ccccc2)cc1)C(=O)C1C(CC(=O)O)C(CC(=O)O)C1C(=O)N(CCC)Cc1ccc(Oc2ccccc2)cc1. The molecule has 0 heterocycles. The Balaban J connectivity index is 1.37. The van der Waals surface area contributed by atoms with E-state index in [-0.39, 0.29) is 24.9 Å². The molecule has 1 fully saturated rings. The number of aliphatic carboxylic acids is 2. The predicted molar refractivity (Wildman–Crippen MR) is 196 cm³/mol. The van der Waals surface area contributed by atoms with Crippen LogP contribution in [-0.2, 0) is 32.3 Å². The highest BCUT2D eigenvalue weighted by atomic mass is 16.5. The Morgan fingerprint density at radius 1 is 0.519 bits per heavy atom. The van der Waals surface area contributed by atoms with Crippen molar-refractivity contribution in [1.29, 1.82) is 0 Å². The van der Waals surface area contributed by atoms with Gasteiger partial charge in [0.15, 0.2) is 0 Å². The molecule has 1 aliphatic carbocycles. The molecule has 0 aromatic heterocycles. The lowest BCUT2D eigenvalue weighted by Gasteiger charge is -2.51. The van der Waals surface area contributed by atoms with Crippen LogP contribution < -0.4 is 9.47 Å². The summed E-state index contributed by atoms with van der Waals surface area (Å²) in [6.45, 7) is 5.16. The smallest absolute Gasteiger partial charge is 0.303 e. The molecule has 4 aromatic rings. The van der Waals surface area contributed by atoms with E-state index in [0.717, 1.165) is 11.1 Å². The molecule has 4 atom stereocenters. The lowest BCUT2D eigenvalue weighted by Crippen LogP contribution is -2.61. The van der Waals surface area contributed by atoms with Crippen LogP contribution in [0.25, 0.3) is 0 Å². The number of nitrogens with zero attached hydrogens (tertiary/aromatic N) is 2. The summed E-state index contributed by atoms with van der Waals surface area (Å²) < 4.78 is 11.8. The molecule has 4 aromatic carbocycles. The number of rotatable bonds is 18. The molecule has 0 aliphatic heterocycles. The van der Waals surface area contributed by atoms with E-state index in [1.165, 1.54) is 0 Å².